The fraction of sp³-hybridized carbons (Fsp3) is 0.106. The van der Waals surface area contributed by atoms with E-state index in [0.29, 0.717) is 0 Å². The van der Waals surface area contributed by atoms with Crippen LogP contribution in [0.1, 0.15) is 37.2 Å². The molecule has 0 N–H and O–H groups in total. The van der Waals surface area contributed by atoms with Gasteiger partial charge >= 0.3 is 0 Å². The Morgan fingerprint density at radius 2 is 0.917 bits per heavy atom. The van der Waals surface area contributed by atoms with Gasteiger partial charge in [0.25, 0.3) is 0 Å². The van der Waals surface area contributed by atoms with E-state index in [9.17, 15) is 0 Å². The van der Waals surface area contributed by atoms with Crippen LogP contribution in [0.2, 0.25) is 0 Å². The second-order valence-corrected chi connectivity index (χ2v) is 13.3. The predicted molar refractivity (Wildman–Crippen MR) is 206 cm³/mol. The molecule has 0 spiro atoms. The fourth-order valence-corrected chi connectivity index (χ4v) is 7.85. The molecule has 0 bridgehead atoms. The number of nitrogens with zero attached hydrogens (tertiary/aromatic N) is 1. The average Bonchev–Trinajstić information content (AvgIpc) is 3.70. The molecule has 0 heterocycles. The highest BCUT2D eigenvalue weighted by atomic mass is 15.1. The van der Waals surface area contributed by atoms with E-state index in [1.165, 1.54) is 85.8 Å². The van der Waals surface area contributed by atoms with Crippen molar-refractivity contribution in [3.8, 4) is 22.3 Å². The quantitative estimate of drug-likeness (QED) is 0.180. The van der Waals surface area contributed by atoms with Crippen molar-refractivity contribution in [3.05, 3.63) is 175 Å². The molecule has 0 saturated heterocycles. The number of anilines is 3. The van der Waals surface area contributed by atoms with Gasteiger partial charge in [-0.1, -0.05) is 146 Å². The Bertz CT molecular complexity index is 2400. The summed E-state index contributed by atoms with van der Waals surface area (Å²) in [5.41, 5.74) is 9.88. The van der Waals surface area contributed by atoms with Crippen molar-refractivity contribution in [1.82, 2.24) is 0 Å². The molecule has 1 heteroatoms. The standard InChI is InChI=1S/C47H37N/c1-2-10-33(9-1)36-17-19-37(20-18-36)38-23-27-43(28-24-38)48(44-29-25-35-12-4-6-15-41(35)32-44)46-30-26-39-13-7-8-16-45(39)47(46)42-22-21-34-11-3-5-14-40(34)31-42/h3-8,11-33H,1-2,9-10H2. The third kappa shape index (κ3) is 5.22. The first-order valence-corrected chi connectivity index (χ1v) is 17.3. The van der Waals surface area contributed by atoms with Gasteiger partial charge in [-0.05, 0) is 110 Å². The van der Waals surface area contributed by atoms with E-state index in [1.807, 2.05) is 0 Å². The van der Waals surface area contributed by atoms with Gasteiger partial charge < -0.3 is 4.90 Å². The zero-order valence-electron chi connectivity index (χ0n) is 27.0. The Morgan fingerprint density at radius 3 is 1.62 bits per heavy atom. The van der Waals surface area contributed by atoms with Crippen molar-refractivity contribution in [2.45, 2.75) is 31.6 Å². The molecule has 1 fully saturated rings. The van der Waals surface area contributed by atoms with E-state index >= 15 is 0 Å². The minimum absolute atomic E-state index is 0.732. The van der Waals surface area contributed by atoms with Crippen LogP contribution in [-0.2, 0) is 0 Å². The Balaban J connectivity index is 1.21. The number of hydrogen-bond acceptors (Lipinski definition) is 1. The summed E-state index contributed by atoms with van der Waals surface area (Å²) < 4.78 is 0. The summed E-state index contributed by atoms with van der Waals surface area (Å²) in [6, 6.07) is 62.8. The molecule has 48 heavy (non-hydrogen) atoms. The Hall–Kier alpha value is -5.66. The van der Waals surface area contributed by atoms with Gasteiger partial charge in [0.15, 0.2) is 0 Å². The summed E-state index contributed by atoms with van der Waals surface area (Å²) in [4.78, 5) is 2.44. The first-order valence-electron chi connectivity index (χ1n) is 17.3. The second kappa shape index (κ2) is 12.2. The molecule has 0 aliphatic heterocycles. The molecular weight excluding hydrogens is 579 g/mol. The number of fused-ring (bicyclic) bond motifs is 3. The smallest absolute Gasteiger partial charge is 0.0546 e. The van der Waals surface area contributed by atoms with Gasteiger partial charge in [0.1, 0.15) is 0 Å². The van der Waals surface area contributed by atoms with Crippen molar-refractivity contribution in [2.75, 3.05) is 4.90 Å². The van der Waals surface area contributed by atoms with Crippen molar-refractivity contribution >= 4 is 49.4 Å². The maximum Gasteiger partial charge on any atom is 0.0546 e. The van der Waals surface area contributed by atoms with Gasteiger partial charge in [0.2, 0.25) is 0 Å². The lowest BCUT2D eigenvalue weighted by atomic mass is 9.93. The number of rotatable bonds is 6. The van der Waals surface area contributed by atoms with Crippen LogP contribution < -0.4 is 4.90 Å². The van der Waals surface area contributed by atoms with Gasteiger partial charge in [-0.15, -0.1) is 0 Å². The molecule has 0 radical (unpaired) electrons. The first kappa shape index (κ1) is 28.6. The first-order chi connectivity index (χ1) is 23.8. The molecule has 1 aliphatic carbocycles. The molecule has 8 aromatic carbocycles. The Morgan fingerprint density at radius 1 is 0.396 bits per heavy atom. The molecule has 0 amide bonds. The third-order valence-electron chi connectivity index (χ3n) is 10.4. The molecule has 9 rings (SSSR count). The van der Waals surface area contributed by atoms with Crippen molar-refractivity contribution in [3.63, 3.8) is 0 Å². The topological polar surface area (TPSA) is 3.24 Å². The molecular formula is C47H37N. The molecule has 1 nitrogen and oxygen atoms in total. The lowest BCUT2D eigenvalue weighted by molar-refractivity contribution is 0.723. The average molecular weight is 616 g/mol. The monoisotopic (exact) mass is 615 g/mol. The van der Waals surface area contributed by atoms with Crippen LogP contribution in [0.3, 0.4) is 0 Å². The zero-order chi connectivity index (χ0) is 31.9. The summed E-state index contributed by atoms with van der Waals surface area (Å²) in [6.07, 6.45) is 5.38. The van der Waals surface area contributed by atoms with Gasteiger partial charge in [-0.2, -0.15) is 0 Å². The van der Waals surface area contributed by atoms with E-state index in [-0.39, 0.29) is 0 Å². The molecule has 230 valence electrons. The van der Waals surface area contributed by atoms with Gasteiger partial charge in [-0.25, -0.2) is 0 Å². The maximum absolute atomic E-state index is 2.44. The summed E-state index contributed by atoms with van der Waals surface area (Å²) in [5, 5.41) is 7.45. The van der Waals surface area contributed by atoms with E-state index in [4.69, 9.17) is 0 Å². The lowest BCUT2D eigenvalue weighted by Crippen LogP contribution is -2.11. The second-order valence-electron chi connectivity index (χ2n) is 13.3. The van der Waals surface area contributed by atoms with E-state index in [2.05, 4.69) is 175 Å². The van der Waals surface area contributed by atoms with Crippen LogP contribution in [0.25, 0.3) is 54.6 Å². The molecule has 1 saturated carbocycles. The number of benzene rings is 8. The van der Waals surface area contributed by atoms with E-state index in [1.54, 1.807) is 0 Å². The normalized spacial score (nSPS) is 13.4. The summed E-state index contributed by atoms with van der Waals surface area (Å²) in [7, 11) is 0. The Kier molecular flexibility index (Phi) is 7.24. The minimum Gasteiger partial charge on any atom is -0.310 e. The zero-order valence-corrected chi connectivity index (χ0v) is 27.0. The Labute approximate surface area is 282 Å². The van der Waals surface area contributed by atoms with Gasteiger partial charge in [0.05, 0.1) is 5.69 Å². The highest BCUT2D eigenvalue weighted by molar-refractivity contribution is 6.07. The fourth-order valence-electron chi connectivity index (χ4n) is 7.85. The van der Waals surface area contributed by atoms with Crippen molar-refractivity contribution in [1.29, 1.82) is 0 Å². The third-order valence-corrected chi connectivity index (χ3v) is 10.4. The number of hydrogen-bond donors (Lipinski definition) is 0. The van der Waals surface area contributed by atoms with Crippen molar-refractivity contribution < 1.29 is 0 Å². The van der Waals surface area contributed by atoms with E-state index in [0.717, 1.165) is 23.0 Å². The summed E-state index contributed by atoms with van der Waals surface area (Å²) >= 11 is 0. The molecule has 8 aromatic rings. The van der Waals surface area contributed by atoms with Crippen LogP contribution in [0.15, 0.2) is 170 Å². The lowest BCUT2D eigenvalue weighted by Gasteiger charge is -2.29. The summed E-state index contributed by atoms with van der Waals surface area (Å²) in [6.45, 7) is 0. The molecule has 0 atom stereocenters. The van der Waals surface area contributed by atoms with Crippen LogP contribution in [0.4, 0.5) is 17.1 Å². The maximum atomic E-state index is 2.44. The van der Waals surface area contributed by atoms with Gasteiger partial charge in [0, 0.05) is 16.9 Å². The van der Waals surface area contributed by atoms with Crippen molar-refractivity contribution in [2.24, 2.45) is 0 Å². The van der Waals surface area contributed by atoms with Crippen LogP contribution >= 0.6 is 0 Å². The highest BCUT2D eigenvalue weighted by Gasteiger charge is 2.21. The predicted octanol–water partition coefficient (Wildman–Crippen LogP) is 13.6. The SMILES string of the molecule is c1ccc2cc(-c3c(N(c4ccc(-c5ccc(C6CCCC6)cc5)cc4)c4ccc5ccccc5c4)ccc4ccccc34)ccc2c1. The van der Waals surface area contributed by atoms with Gasteiger partial charge in [-0.3, -0.25) is 0 Å². The summed E-state index contributed by atoms with van der Waals surface area (Å²) in [5.74, 6) is 0.732. The van der Waals surface area contributed by atoms with Crippen LogP contribution in [0, 0.1) is 0 Å². The highest BCUT2D eigenvalue weighted by Crippen LogP contribution is 2.45. The molecule has 1 aliphatic rings. The largest absolute Gasteiger partial charge is 0.310 e. The van der Waals surface area contributed by atoms with Crippen LogP contribution in [0.5, 0.6) is 0 Å². The molecule has 0 aromatic heterocycles. The van der Waals surface area contributed by atoms with Crippen LogP contribution in [-0.4, -0.2) is 0 Å². The molecule has 0 unspecified atom stereocenters. The van der Waals surface area contributed by atoms with E-state index < -0.39 is 0 Å². The minimum atomic E-state index is 0.732.